The maximum atomic E-state index is 13.3. The summed E-state index contributed by atoms with van der Waals surface area (Å²) in [7, 11) is 0. The molecule has 0 spiro atoms. The Hall–Kier alpha value is -2.69. The van der Waals surface area contributed by atoms with Gasteiger partial charge in [-0.1, -0.05) is 17.7 Å². The number of H-pyrrole nitrogens is 1. The molecule has 2 aromatic carbocycles. The predicted octanol–water partition coefficient (Wildman–Crippen LogP) is 2.13. The third-order valence-electron chi connectivity index (χ3n) is 3.12. The minimum atomic E-state index is -0.586. The molecule has 5 heteroatoms. The summed E-state index contributed by atoms with van der Waals surface area (Å²) in [5, 5.41) is 0.397. The van der Waals surface area contributed by atoms with Crippen molar-refractivity contribution in [1.82, 2.24) is 9.55 Å². The van der Waals surface area contributed by atoms with Crippen LogP contribution in [0.5, 0.6) is 0 Å². The van der Waals surface area contributed by atoms with Crippen molar-refractivity contribution in [1.29, 1.82) is 0 Å². The first-order chi connectivity index (χ1) is 9.56. The normalized spacial score (nSPS) is 10.9. The number of nitrogens with one attached hydrogen (secondary N) is 1. The number of aromatic amines is 1. The quantitative estimate of drug-likeness (QED) is 0.736. The van der Waals surface area contributed by atoms with Crippen molar-refractivity contribution in [2.45, 2.75) is 6.92 Å². The van der Waals surface area contributed by atoms with E-state index >= 15 is 0 Å². The van der Waals surface area contributed by atoms with E-state index in [0.717, 1.165) is 16.2 Å². The smallest absolute Gasteiger partial charge is 0.306 e. The summed E-state index contributed by atoms with van der Waals surface area (Å²) in [4.78, 5) is 27.1. The Morgan fingerprint density at radius 2 is 1.90 bits per heavy atom. The van der Waals surface area contributed by atoms with E-state index < -0.39 is 17.1 Å². The second kappa shape index (κ2) is 4.45. The van der Waals surface area contributed by atoms with E-state index in [0.29, 0.717) is 10.9 Å². The Morgan fingerprint density at radius 3 is 2.65 bits per heavy atom. The van der Waals surface area contributed by atoms with Crippen LogP contribution < -0.4 is 11.2 Å². The van der Waals surface area contributed by atoms with E-state index in [9.17, 15) is 14.0 Å². The lowest BCUT2D eigenvalue weighted by Gasteiger charge is -2.06. The van der Waals surface area contributed by atoms with Crippen LogP contribution in [-0.2, 0) is 0 Å². The summed E-state index contributed by atoms with van der Waals surface area (Å²) in [6.07, 6.45) is 0. The van der Waals surface area contributed by atoms with Crippen molar-refractivity contribution in [2.75, 3.05) is 0 Å². The highest BCUT2D eigenvalue weighted by Crippen LogP contribution is 2.10. The van der Waals surface area contributed by atoms with Crippen molar-refractivity contribution in [2.24, 2.45) is 0 Å². The van der Waals surface area contributed by atoms with Crippen LogP contribution in [-0.4, -0.2) is 9.55 Å². The molecule has 1 N–H and O–H groups in total. The highest BCUT2D eigenvalue weighted by Gasteiger charge is 2.10. The van der Waals surface area contributed by atoms with Crippen molar-refractivity contribution in [3.05, 3.63) is 74.7 Å². The van der Waals surface area contributed by atoms with Gasteiger partial charge in [0, 0.05) is 0 Å². The van der Waals surface area contributed by atoms with Gasteiger partial charge in [-0.2, -0.15) is 0 Å². The van der Waals surface area contributed by atoms with Crippen LogP contribution >= 0.6 is 0 Å². The number of halogens is 1. The van der Waals surface area contributed by atoms with Crippen LogP contribution in [0.1, 0.15) is 5.56 Å². The summed E-state index contributed by atoms with van der Waals surface area (Å²) >= 11 is 0. The van der Waals surface area contributed by atoms with E-state index in [1.165, 1.54) is 18.2 Å². The van der Waals surface area contributed by atoms with E-state index in [1.54, 1.807) is 12.1 Å². The fourth-order valence-electron chi connectivity index (χ4n) is 2.18. The van der Waals surface area contributed by atoms with Gasteiger partial charge in [0.1, 0.15) is 5.82 Å². The zero-order valence-corrected chi connectivity index (χ0v) is 10.7. The Kier molecular flexibility index (Phi) is 2.75. The maximum Gasteiger partial charge on any atom is 0.333 e. The summed E-state index contributed by atoms with van der Waals surface area (Å²) in [5.41, 5.74) is 0.542. The fraction of sp³-hybridized carbons (Fsp3) is 0.0667. The van der Waals surface area contributed by atoms with Gasteiger partial charge in [0.15, 0.2) is 0 Å². The molecule has 0 unspecified atom stereocenters. The topological polar surface area (TPSA) is 54.9 Å². The van der Waals surface area contributed by atoms with Gasteiger partial charge in [0.2, 0.25) is 0 Å². The molecule has 0 aliphatic carbocycles. The Balaban J connectivity index is 2.42. The average Bonchev–Trinajstić information content (AvgIpc) is 2.40. The van der Waals surface area contributed by atoms with Crippen LogP contribution in [0.15, 0.2) is 52.1 Å². The standard InChI is InChI=1S/C15H11FN2O2/c1-9-5-6-13-12(7-9)14(19)18(15(20)17-13)11-4-2-3-10(16)8-11/h2-8H,1H3,(H,17,20). The van der Waals surface area contributed by atoms with Crippen LogP contribution in [0.4, 0.5) is 4.39 Å². The summed E-state index contributed by atoms with van der Waals surface area (Å²) in [6, 6.07) is 10.6. The van der Waals surface area contributed by atoms with E-state index in [2.05, 4.69) is 4.98 Å². The number of benzene rings is 2. The van der Waals surface area contributed by atoms with Gasteiger partial charge in [0.25, 0.3) is 5.56 Å². The van der Waals surface area contributed by atoms with Gasteiger partial charge < -0.3 is 4.98 Å². The Bertz CT molecular complexity index is 925. The molecule has 1 heterocycles. The van der Waals surface area contributed by atoms with E-state index in [-0.39, 0.29) is 5.69 Å². The molecule has 0 fully saturated rings. The highest BCUT2D eigenvalue weighted by atomic mass is 19.1. The lowest BCUT2D eigenvalue weighted by atomic mass is 10.1. The number of fused-ring (bicyclic) bond motifs is 1. The second-order valence-electron chi connectivity index (χ2n) is 4.60. The average molecular weight is 270 g/mol. The molecule has 100 valence electrons. The van der Waals surface area contributed by atoms with E-state index in [1.807, 2.05) is 13.0 Å². The molecule has 0 bridgehead atoms. The monoisotopic (exact) mass is 270 g/mol. The van der Waals surface area contributed by atoms with Crippen LogP contribution in [0, 0.1) is 12.7 Å². The molecule has 1 aromatic heterocycles. The first-order valence-electron chi connectivity index (χ1n) is 6.08. The van der Waals surface area contributed by atoms with Crippen LogP contribution in [0.3, 0.4) is 0 Å². The van der Waals surface area contributed by atoms with Gasteiger partial charge >= 0.3 is 5.69 Å². The molecule has 3 rings (SSSR count). The third kappa shape index (κ3) is 1.93. The zero-order valence-electron chi connectivity index (χ0n) is 10.7. The summed E-state index contributed by atoms with van der Waals surface area (Å²) in [5.74, 6) is -0.502. The number of hydrogen-bond donors (Lipinski definition) is 1. The minimum Gasteiger partial charge on any atom is -0.306 e. The lowest BCUT2D eigenvalue weighted by Crippen LogP contribution is -2.33. The number of aromatic nitrogens is 2. The molecule has 0 radical (unpaired) electrons. The SMILES string of the molecule is Cc1ccc2[nH]c(=O)n(-c3cccc(F)c3)c(=O)c2c1. The van der Waals surface area contributed by atoms with Gasteiger partial charge in [-0.15, -0.1) is 0 Å². The molecular formula is C15H11FN2O2. The van der Waals surface area contributed by atoms with Crippen LogP contribution in [0.25, 0.3) is 16.6 Å². The van der Waals surface area contributed by atoms with Crippen molar-refractivity contribution < 1.29 is 4.39 Å². The molecule has 20 heavy (non-hydrogen) atoms. The molecule has 4 nitrogen and oxygen atoms in total. The van der Waals surface area contributed by atoms with Gasteiger partial charge in [0.05, 0.1) is 16.6 Å². The molecule has 0 saturated heterocycles. The first kappa shape index (κ1) is 12.3. The first-order valence-corrected chi connectivity index (χ1v) is 6.08. The van der Waals surface area contributed by atoms with Gasteiger partial charge in [-0.3, -0.25) is 4.79 Å². The Morgan fingerprint density at radius 1 is 1.10 bits per heavy atom. The molecule has 0 atom stereocenters. The van der Waals surface area contributed by atoms with E-state index in [4.69, 9.17) is 0 Å². The zero-order chi connectivity index (χ0) is 14.3. The lowest BCUT2D eigenvalue weighted by molar-refractivity contribution is 0.626. The molecule has 0 aliphatic rings. The maximum absolute atomic E-state index is 13.3. The number of rotatable bonds is 1. The van der Waals surface area contributed by atoms with Crippen LogP contribution in [0.2, 0.25) is 0 Å². The molecule has 0 saturated carbocycles. The van der Waals surface area contributed by atoms with Gasteiger partial charge in [-0.05, 0) is 37.3 Å². The number of nitrogens with zero attached hydrogens (tertiary/aromatic N) is 1. The molecule has 0 amide bonds. The molecular weight excluding hydrogens is 259 g/mol. The third-order valence-corrected chi connectivity index (χ3v) is 3.12. The minimum absolute atomic E-state index is 0.208. The van der Waals surface area contributed by atoms with Gasteiger partial charge in [-0.25, -0.2) is 13.8 Å². The summed E-state index contributed by atoms with van der Waals surface area (Å²) in [6.45, 7) is 1.86. The number of aryl methyl sites for hydroxylation is 1. The number of hydrogen-bond acceptors (Lipinski definition) is 2. The van der Waals surface area contributed by atoms with Crippen molar-refractivity contribution in [3.63, 3.8) is 0 Å². The predicted molar refractivity (Wildman–Crippen MR) is 74.9 cm³/mol. The second-order valence-corrected chi connectivity index (χ2v) is 4.60. The summed E-state index contributed by atoms with van der Waals surface area (Å²) < 4.78 is 14.2. The Labute approximate surface area is 113 Å². The molecule has 3 aromatic rings. The molecule has 0 aliphatic heterocycles. The largest absolute Gasteiger partial charge is 0.333 e. The van der Waals surface area contributed by atoms with Crippen molar-refractivity contribution >= 4 is 10.9 Å². The highest BCUT2D eigenvalue weighted by molar-refractivity contribution is 5.78. The van der Waals surface area contributed by atoms with Crippen molar-refractivity contribution in [3.8, 4) is 5.69 Å². The fourth-order valence-corrected chi connectivity index (χ4v) is 2.18.